The summed E-state index contributed by atoms with van der Waals surface area (Å²) in [5.41, 5.74) is 3.66. The predicted molar refractivity (Wildman–Crippen MR) is 70.9 cm³/mol. The first-order valence-corrected chi connectivity index (χ1v) is 7.69. The van der Waals surface area contributed by atoms with Gasteiger partial charge in [0, 0.05) is 0 Å². The van der Waals surface area contributed by atoms with Crippen molar-refractivity contribution in [2.24, 2.45) is 4.99 Å². The zero-order valence-electron chi connectivity index (χ0n) is 11.6. The number of amides is 1. The molecule has 2 atom stereocenters. The fourth-order valence-corrected chi connectivity index (χ4v) is 3.46. The summed E-state index contributed by atoms with van der Waals surface area (Å²) in [6, 6.07) is 0. The Morgan fingerprint density at radius 2 is 2.05 bits per heavy atom. The van der Waals surface area contributed by atoms with E-state index in [1.165, 1.54) is 7.11 Å². The molecular formula is C11H19N3O4Se. The fraction of sp³-hybridized carbons (Fsp3) is 0.727. The van der Waals surface area contributed by atoms with Gasteiger partial charge in [0.1, 0.15) is 0 Å². The minimum atomic E-state index is -0.899. The van der Waals surface area contributed by atoms with E-state index in [1.807, 2.05) is 0 Å². The Labute approximate surface area is 118 Å². The summed E-state index contributed by atoms with van der Waals surface area (Å²) in [5, 5.41) is 1.69. The molecule has 0 fully saturated rings. The molecule has 0 saturated heterocycles. The molecule has 0 aromatic rings. The Bertz CT molecular complexity index is 394. The van der Waals surface area contributed by atoms with E-state index in [1.54, 1.807) is 32.8 Å². The van der Waals surface area contributed by atoms with E-state index >= 15 is 0 Å². The van der Waals surface area contributed by atoms with Crippen molar-refractivity contribution in [2.75, 3.05) is 7.11 Å². The van der Waals surface area contributed by atoms with Crippen LogP contribution in [-0.2, 0) is 14.3 Å². The Morgan fingerprint density at radius 3 is 2.58 bits per heavy atom. The Hall–Kier alpha value is -1.11. The van der Waals surface area contributed by atoms with Gasteiger partial charge in [0.05, 0.1) is 0 Å². The number of hydrogen-bond acceptors (Lipinski definition) is 6. The summed E-state index contributed by atoms with van der Waals surface area (Å²) in [6.07, 6.45) is -0.619. The van der Waals surface area contributed by atoms with Crippen molar-refractivity contribution in [2.45, 2.75) is 43.8 Å². The molecular weight excluding hydrogens is 317 g/mol. The summed E-state index contributed by atoms with van der Waals surface area (Å²) < 4.78 is 9.82. The summed E-state index contributed by atoms with van der Waals surface area (Å²) in [7, 11) is 1.33. The van der Waals surface area contributed by atoms with Crippen molar-refractivity contribution in [3.8, 4) is 0 Å². The maximum absolute atomic E-state index is 11.6. The molecule has 108 valence electrons. The van der Waals surface area contributed by atoms with Gasteiger partial charge in [-0.25, -0.2) is 0 Å². The molecule has 0 saturated carbocycles. The Kier molecular flexibility index (Phi) is 4.95. The molecule has 19 heavy (non-hydrogen) atoms. The van der Waals surface area contributed by atoms with E-state index in [0.29, 0.717) is 0 Å². The number of rotatable bonds is 3. The standard InChI is InChI=1S/C11H19N3O4Se/c1-10(2,3)18-9(16)13-14-11(4)7(8(15)17-5)19-6-12-11/h6-7,14H,1-5H3,(H,13,16)/t7-,11-/m1/s1. The van der Waals surface area contributed by atoms with Gasteiger partial charge in [0.25, 0.3) is 0 Å². The Balaban J connectivity index is 2.57. The number of aliphatic imine (C=N–C) groups is 1. The van der Waals surface area contributed by atoms with Crippen LogP contribution >= 0.6 is 0 Å². The van der Waals surface area contributed by atoms with Crippen LogP contribution in [0.3, 0.4) is 0 Å². The van der Waals surface area contributed by atoms with Crippen molar-refractivity contribution in [1.29, 1.82) is 0 Å². The normalized spacial score (nSPS) is 26.1. The number of hydrazine groups is 1. The minimum absolute atomic E-state index is 0.107. The summed E-state index contributed by atoms with van der Waals surface area (Å²) in [5.74, 6) is -0.349. The summed E-state index contributed by atoms with van der Waals surface area (Å²) in [4.78, 5) is 27.0. The first-order chi connectivity index (χ1) is 8.68. The van der Waals surface area contributed by atoms with E-state index in [4.69, 9.17) is 9.47 Å². The van der Waals surface area contributed by atoms with E-state index < -0.39 is 22.2 Å². The van der Waals surface area contributed by atoms with Gasteiger partial charge in [-0.15, -0.1) is 0 Å². The van der Waals surface area contributed by atoms with E-state index in [9.17, 15) is 9.59 Å². The van der Waals surface area contributed by atoms with Crippen molar-refractivity contribution >= 4 is 32.1 Å². The summed E-state index contributed by atoms with van der Waals surface area (Å²) >= 11 is -0.107. The Morgan fingerprint density at radius 1 is 1.42 bits per heavy atom. The van der Waals surface area contributed by atoms with Gasteiger partial charge in [0.15, 0.2) is 0 Å². The van der Waals surface area contributed by atoms with Gasteiger partial charge >= 0.3 is 118 Å². The number of carbonyl (C=O) groups excluding carboxylic acids is 2. The zero-order chi connectivity index (χ0) is 14.7. The second-order valence-corrected chi connectivity index (χ2v) is 7.18. The van der Waals surface area contributed by atoms with Crippen LogP contribution in [0.1, 0.15) is 27.7 Å². The molecule has 1 heterocycles. The SMILES string of the molecule is COC(=O)[C@H]1[Se]C=N[C@]1(C)NNC(=O)OC(C)(C)C. The third-order valence-electron chi connectivity index (χ3n) is 2.26. The molecule has 1 aliphatic heterocycles. The quantitative estimate of drug-likeness (QED) is 0.443. The average molecular weight is 336 g/mol. The molecule has 0 unspecified atom stereocenters. The van der Waals surface area contributed by atoms with Crippen LogP contribution in [0, 0.1) is 0 Å². The molecule has 1 amide bonds. The zero-order valence-corrected chi connectivity index (χ0v) is 13.4. The molecule has 8 heteroatoms. The third-order valence-corrected chi connectivity index (χ3v) is 4.67. The fourth-order valence-electron chi connectivity index (χ4n) is 1.37. The molecule has 7 nitrogen and oxygen atoms in total. The maximum atomic E-state index is 11.6. The first-order valence-electron chi connectivity index (χ1n) is 5.71. The third kappa shape index (κ3) is 4.49. The molecule has 1 aliphatic rings. The number of ether oxygens (including phenoxy) is 2. The molecule has 2 N–H and O–H groups in total. The van der Waals surface area contributed by atoms with Crippen molar-refractivity contribution in [3.63, 3.8) is 0 Å². The number of nitrogens with zero attached hydrogens (tertiary/aromatic N) is 1. The number of carbonyl (C=O) groups is 2. The van der Waals surface area contributed by atoms with Crippen molar-refractivity contribution in [1.82, 2.24) is 10.9 Å². The van der Waals surface area contributed by atoms with Gasteiger partial charge in [-0.05, 0) is 0 Å². The van der Waals surface area contributed by atoms with Crippen LogP contribution in [0.15, 0.2) is 4.99 Å². The molecule has 0 radical (unpaired) electrons. The molecule has 1 rings (SSSR count). The van der Waals surface area contributed by atoms with Crippen LogP contribution in [0.25, 0.3) is 0 Å². The second kappa shape index (κ2) is 5.90. The molecule has 0 aromatic heterocycles. The van der Waals surface area contributed by atoms with E-state index in [0.717, 1.165) is 0 Å². The van der Waals surface area contributed by atoms with Gasteiger partial charge in [-0.1, -0.05) is 0 Å². The van der Waals surface area contributed by atoms with Crippen LogP contribution in [0.5, 0.6) is 0 Å². The first kappa shape index (κ1) is 15.9. The molecule has 0 aromatic carbocycles. The van der Waals surface area contributed by atoms with Crippen LogP contribution in [-0.4, -0.2) is 50.5 Å². The molecule has 0 spiro atoms. The van der Waals surface area contributed by atoms with Crippen LogP contribution in [0.2, 0.25) is 4.82 Å². The second-order valence-electron chi connectivity index (χ2n) is 5.17. The molecule has 0 bridgehead atoms. The van der Waals surface area contributed by atoms with Crippen LogP contribution < -0.4 is 10.9 Å². The number of esters is 1. The van der Waals surface area contributed by atoms with Gasteiger partial charge in [-0.2, -0.15) is 0 Å². The van der Waals surface area contributed by atoms with Crippen molar-refractivity contribution < 1.29 is 19.1 Å². The van der Waals surface area contributed by atoms with Gasteiger partial charge in [0.2, 0.25) is 0 Å². The molecule has 0 aliphatic carbocycles. The van der Waals surface area contributed by atoms with Crippen molar-refractivity contribution in [3.05, 3.63) is 0 Å². The van der Waals surface area contributed by atoms with Gasteiger partial charge < -0.3 is 0 Å². The monoisotopic (exact) mass is 337 g/mol. The summed E-state index contributed by atoms with van der Waals surface area (Å²) in [6.45, 7) is 7.02. The van der Waals surface area contributed by atoms with Crippen LogP contribution in [0.4, 0.5) is 4.79 Å². The number of nitrogens with one attached hydrogen (secondary N) is 2. The average Bonchev–Trinajstić information content (AvgIpc) is 2.66. The van der Waals surface area contributed by atoms with E-state index in [2.05, 4.69) is 15.8 Å². The number of methoxy groups -OCH3 is 1. The van der Waals surface area contributed by atoms with E-state index in [-0.39, 0.29) is 20.9 Å². The number of hydrogen-bond donors (Lipinski definition) is 2. The van der Waals surface area contributed by atoms with Gasteiger partial charge in [-0.3, -0.25) is 0 Å². The topological polar surface area (TPSA) is 89.0 Å². The predicted octanol–water partition coefficient (Wildman–Crippen LogP) is 0.439.